The van der Waals surface area contributed by atoms with Crippen LogP contribution in [0.3, 0.4) is 0 Å². The summed E-state index contributed by atoms with van der Waals surface area (Å²) in [6.07, 6.45) is 0. The lowest BCUT2D eigenvalue weighted by molar-refractivity contribution is -0.134. The summed E-state index contributed by atoms with van der Waals surface area (Å²) >= 11 is 0. The van der Waals surface area contributed by atoms with Gasteiger partial charge in [-0.1, -0.05) is 24.3 Å². The van der Waals surface area contributed by atoms with Crippen molar-refractivity contribution in [3.8, 4) is 0 Å². The first-order chi connectivity index (χ1) is 13.0. The van der Waals surface area contributed by atoms with Crippen LogP contribution >= 0.6 is 0 Å². The summed E-state index contributed by atoms with van der Waals surface area (Å²) in [5.41, 5.74) is 6.27. The number of para-hydroxylation sites is 2. The number of nitrogens with two attached hydrogens (primary N) is 1. The Morgan fingerprint density at radius 1 is 0.778 bits per heavy atom. The fourth-order valence-electron chi connectivity index (χ4n) is 2.47. The molecule has 0 aromatic heterocycles. The average Bonchev–Trinajstić information content (AvgIpc) is 2.67. The predicted molar refractivity (Wildman–Crippen MR) is 99.4 cm³/mol. The quantitative estimate of drug-likeness (QED) is 0.545. The maximum atomic E-state index is 13.8. The molecule has 2 amide bonds. The normalized spacial score (nSPS) is 10.3. The predicted octanol–water partition coefficient (Wildman–Crippen LogP) is 3.85. The van der Waals surface area contributed by atoms with E-state index in [-0.39, 0.29) is 0 Å². The van der Waals surface area contributed by atoms with Crippen LogP contribution < -0.4 is 16.0 Å². The van der Waals surface area contributed by atoms with E-state index >= 15 is 0 Å². The van der Waals surface area contributed by atoms with Crippen LogP contribution in [0.1, 0.15) is 0 Å². The van der Waals surface area contributed by atoms with Crippen molar-refractivity contribution in [3.05, 3.63) is 84.4 Å². The van der Waals surface area contributed by atoms with Gasteiger partial charge in [0.15, 0.2) is 0 Å². The number of amides is 2. The van der Waals surface area contributed by atoms with Gasteiger partial charge in [0.05, 0.1) is 0 Å². The summed E-state index contributed by atoms with van der Waals surface area (Å²) in [5, 5.41) is 2.00. The maximum absolute atomic E-state index is 13.8. The van der Waals surface area contributed by atoms with Crippen molar-refractivity contribution in [2.45, 2.75) is 0 Å². The van der Waals surface area contributed by atoms with Crippen LogP contribution in [-0.4, -0.2) is 11.8 Å². The highest BCUT2D eigenvalue weighted by Gasteiger charge is 2.26. The average molecular weight is 367 g/mol. The van der Waals surface area contributed by atoms with Crippen LogP contribution in [0.2, 0.25) is 0 Å². The molecule has 136 valence electrons. The molecule has 3 rings (SSSR count). The standard InChI is InChI=1S/C20H15F2N3O2/c21-16-7-4-8-17(22)18(16)24-19(26)20(27)25(14-5-2-1-3-6-14)15-11-9-13(23)10-12-15/h1-12H,23H2,(H,24,26). The number of nitrogen functional groups attached to an aromatic ring is 1. The Morgan fingerprint density at radius 3 is 1.93 bits per heavy atom. The zero-order valence-corrected chi connectivity index (χ0v) is 14.0. The van der Waals surface area contributed by atoms with Crippen molar-refractivity contribution in [1.82, 2.24) is 0 Å². The largest absolute Gasteiger partial charge is 0.399 e. The number of hydrogen-bond acceptors (Lipinski definition) is 3. The lowest BCUT2D eigenvalue weighted by Crippen LogP contribution is -2.37. The SMILES string of the molecule is Nc1ccc(N(C(=O)C(=O)Nc2c(F)cccc2F)c2ccccc2)cc1. The number of rotatable bonds is 3. The molecule has 7 heteroatoms. The number of carbonyl (C=O) groups excluding carboxylic acids is 2. The molecule has 3 N–H and O–H groups in total. The van der Waals surface area contributed by atoms with E-state index in [0.717, 1.165) is 23.1 Å². The number of anilines is 4. The summed E-state index contributed by atoms with van der Waals surface area (Å²) in [6, 6.07) is 17.8. The molecule has 0 saturated carbocycles. The molecule has 0 spiro atoms. The van der Waals surface area contributed by atoms with Crippen molar-refractivity contribution in [1.29, 1.82) is 0 Å². The van der Waals surface area contributed by atoms with Crippen molar-refractivity contribution < 1.29 is 18.4 Å². The molecule has 0 bridgehead atoms. The van der Waals surface area contributed by atoms with Crippen LogP contribution in [0, 0.1) is 11.6 Å². The van der Waals surface area contributed by atoms with Gasteiger partial charge in [0.25, 0.3) is 0 Å². The van der Waals surface area contributed by atoms with Crippen molar-refractivity contribution in [2.75, 3.05) is 16.0 Å². The number of carbonyl (C=O) groups is 2. The Morgan fingerprint density at radius 2 is 1.33 bits per heavy atom. The first-order valence-corrected chi connectivity index (χ1v) is 7.97. The minimum atomic E-state index is -1.18. The highest BCUT2D eigenvalue weighted by atomic mass is 19.1. The van der Waals surface area contributed by atoms with E-state index in [4.69, 9.17) is 5.73 Å². The second-order valence-corrected chi connectivity index (χ2v) is 5.62. The van der Waals surface area contributed by atoms with Crippen LogP contribution in [0.15, 0.2) is 72.8 Å². The van der Waals surface area contributed by atoms with Crippen LogP contribution in [0.5, 0.6) is 0 Å². The molecule has 3 aromatic carbocycles. The van der Waals surface area contributed by atoms with Gasteiger partial charge in [0.2, 0.25) is 0 Å². The Hall–Kier alpha value is -3.74. The fraction of sp³-hybridized carbons (Fsp3) is 0. The van der Waals surface area contributed by atoms with E-state index < -0.39 is 29.1 Å². The summed E-state index contributed by atoms with van der Waals surface area (Å²) in [7, 11) is 0. The molecule has 0 fully saturated rings. The molecule has 3 aromatic rings. The summed E-state index contributed by atoms with van der Waals surface area (Å²) < 4.78 is 27.5. The highest BCUT2D eigenvalue weighted by Crippen LogP contribution is 2.27. The third kappa shape index (κ3) is 3.92. The van der Waals surface area contributed by atoms with Gasteiger partial charge in [-0.15, -0.1) is 0 Å². The van der Waals surface area contributed by atoms with E-state index in [1.807, 2.05) is 5.32 Å². The number of nitrogens with zero attached hydrogens (tertiary/aromatic N) is 1. The smallest absolute Gasteiger partial charge is 0.321 e. The molecule has 0 aliphatic carbocycles. The number of hydrogen-bond donors (Lipinski definition) is 2. The van der Waals surface area contributed by atoms with E-state index in [1.165, 1.54) is 0 Å². The minimum Gasteiger partial charge on any atom is -0.399 e. The van der Waals surface area contributed by atoms with Gasteiger partial charge in [0.1, 0.15) is 17.3 Å². The zero-order valence-electron chi connectivity index (χ0n) is 14.0. The fourth-order valence-corrected chi connectivity index (χ4v) is 2.47. The molecule has 0 saturated heterocycles. The van der Waals surface area contributed by atoms with E-state index in [2.05, 4.69) is 0 Å². The highest BCUT2D eigenvalue weighted by molar-refractivity contribution is 6.45. The Bertz CT molecular complexity index is 956. The molecule has 0 unspecified atom stereocenters. The summed E-state index contributed by atoms with van der Waals surface area (Å²) in [6.45, 7) is 0. The Labute approximate surface area is 154 Å². The number of nitrogens with one attached hydrogen (secondary N) is 1. The summed E-state index contributed by atoms with van der Waals surface area (Å²) in [5.74, 6) is -4.14. The van der Waals surface area contributed by atoms with Crippen molar-refractivity contribution in [2.24, 2.45) is 0 Å². The van der Waals surface area contributed by atoms with Gasteiger partial charge in [-0.2, -0.15) is 0 Å². The Kier molecular flexibility index (Phi) is 5.12. The molecule has 0 radical (unpaired) electrons. The van der Waals surface area contributed by atoms with Crippen LogP contribution in [0.4, 0.5) is 31.5 Å². The van der Waals surface area contributed by atoms with Gasteiger partial charge in [-0.3, -0.25) is 14.5 Å². The molecule has 0 atom stereocenters. The molecule has 0 aliphatic heterocycles. The van der Waals surface area contributed by atoms with E-state index in [1.54, 1.807) is 54.6 Å². The molecule has 0 aliphatic rings. The Balaban J connectivity index is 1.95. The topological polar surface area (TPSA) is 75.4 Å². The lowest BCUT2D eigenvalue weighted by Gasteiger charge is -2.22. The second kappa shape index (κ2) is 7.65. The first-order valence-electron chi connectivity index (χ1n) is 7.97. The van der Waals surface area contributed by atoms with Crippen LogP contribution in [0.25, 0.3) is 0 Å². The van der Waals surface area contributed by atoms with Crippen LogP contribution in [-0.2, 0) is 9.59 Å². The van der Waals surface area contributed by atoms with Crippen molar-refractivity contribution >= 4 is 34.6 Å². The van der Waals surface area contributed by atoms with Gasteiger partial charge in [0, 0.05) is 17.1 Å². The molecule has 0 heterocycles. The third-order valence-electron chi connectivity index (χ3n) is 3.76. The molecule has 5 nitrogen and oxygen atoms in total. The van der Waals surface area contributed by atoms with Gasteiger partial charge in [-0.25, -0.2) is 8.78 Å². The number of halogens is 2. The second-order valence-electron chi connectivity index (χ2n) is 5.62. The molecular weight excluding hydrogens is 352 g/mol. The molecule has 27 heavy (non-hydrogen) atoms. The van der Waals surface area contributed by atoms with Gasteiger partial charge >= 0.3 is 11.8 Å². The lowest BCUT2D eigenvalue weighted by atomic mass is 10.2. The summed E-state index contributed by atoms with van der Waals surface area (Å²) in [4.78, 5) is 26.3. The number of benzene rings is 3. The van der Waals surface area contributed by atoms with Gasteiger partial charge < -0.3 is 11.1 Å². The maximum Gasteiger partial charge on any atom is 0.321 e. The first kappa shape index (κ1) is 18.1. The monoisotopic (exact) mass is 367 g/mol. The van der Waals surface area contributed by atoms with E-state index in [9.17, 15) is 18.4 Å². The van der Waals surface area contributed by atoms with E-state index in [0.29, 0.717) is 17.1 Å². The zero-order chi connectivity index (χ0) is 19.4. The molecular formula is C20H15F2N3O2. The van der Waals surface area contributed by atoms with Gasteiger partial charge in [-0.05, 0) is 48.5 Å². The third-order valence-corrected chi connectivity index (χ3v) is 3.76. The van der Waals surface area contributed by atoms with Crippen molar-refractivity contribution in [3.63, 3.8) is 0 Å². The minimum absolute atomic E-state index is 0.379.